The number of cyclic esters (lactones) is 1. The number of aliphatic hydroxyl groups is 3. The highest BCUT2D eigenvalue weighted by molar-refractivity contribution is 5.82. The molecule has 1 rings (SSSR count). The molecule has 0 unspecified atom stereocenters. The van der Waals surface area contributed by atoms with Gasteiger partial charge in [0.2, 0.25) is 0 Å². The van der Waals surface area contributed by atoms with E-state index in [4.69, 9.17) is 4.74 Å². The summed E-state index contributed by atoms with van der Waals surface area (Å²) in [7, 11) is 0. The Balaban J connectivity index is 2.66. The average molecular weight is 403 g/mol. The first-order valence-electron chi connectivity index (χ1n) is 10.2. The number of esters is 1. The zero-order valence-electron chi connectivity index (χ0n) is 17.1. The topological polar surface area (TPSA) is 87.0 Å². The van der Waals surface area contributed by atoms with Crippen LogP contribution < -0.4 is 0 Å². The second-order valence-electron chi connectivity index (χ2n) is 7.09. The van der Waals surface area contributed by atoms with Gasteiger partial charge in [-0.1, -0.05) is 66.8 Å². The Hall–Kier alpha value is -2.21. The highest BCUT2D eigenvalue weighted by atomic mass is 16.5. The van der Waals surface area contributed by atoms with Crippen molar-refractivity contribution in [3.05, 3.63) is 72.9 Å². The molecule has 5 nitrogen and oxygen atoms in total. The average Bonchev–Trinajstić information content (AvgIpc) is 2.65. The summed E-state index contributed by atoms with van der Waals surface area (Å²) in [5.41, 5.74) is 0. The molecule has 29 heavy (non-hydrogen) atoms. The number of hydrogen-bond donors (Lipinski definition) is 3. The predicted molar refractivity (Wildman–Crippen MR) is 116 cm³/mol. The molecule has 0 aliphatic carbocycles. The highest BCUT2D eigenvalue weighted by Crippen LogP contribution is 2.08. The van der Waals surface area contributed by atoms with Crippen LogP contribution in [-0.2, 0) is 9.53 Å². The first-order chi connectivity index (χ1) is 14.0. The van der Waals surface area contributed by atoms with Crippen LogP contribution in [0, 0.1) is 0 Å². The Morgan fingerprint density at radius 1 is 0.862 bits per heavy atom. The SMILES string of the molecule is C[C@@H]1CCC/C=C/C=C/[C@@H](O)C[C@H](O)C/C=C\C=C\[C@@H](O)C/C=C/C=C\C(=O)O1. The smallest absolute Gasteiger partial charge is 0.331 e. The summed E-state index contributed by atoms with van der Waals surface area (Å²) in [5.74, 6) is -0.378. The molecule has 5 heteroatoms. The lowest BCUT2D eigenvalue weighted by Crippen LogP contribution is -2.14. The van der Waals surface area contributed by atoms with Crippen molar-refractivity contribution in [3.8, 4) is 0 Å². The van der Waals surface area contributed by atoms with Crippen molar-refractivity contribution in [1.82, 2.24) is 0 Å². The van der Waals surface area contributed by atoms with Crippen LogP contribution in [-0.4, -0.2) is 45.7 Å². The van der Waals surface area contributed by atoms with E-state index >= 15 is 0 Å². The Bertz CT molecular complexity index is 627. The maximum atomic E-state index is 11.7. The van der Waals surface area contributed by atoms with E-state index in [1.165, 1.54) is 6.08 Å². The molecule has 0 fully saturated rings. The van der Waals surface area contributed by atoms with Crippen molar-refractivity contribution in [2.24, 2.45) is 0 Å². The second kappa shape index (κ2) is 15.7. The number of aliphatic hydroxyl groups excluding tert-OH is 3. The summed E-state index contributed by atoms with van der Waals surface area (Å²) in [4.78, 5) is 11.7. The van der Waals surface area contributed by atoms with Crippen molar-refractivity contribution in [1.29, 1.82) is 0 Å². The molecule has 1 aliphatic heterocycles. The standard InChI is InChI=1S/C24H34O5/c1-20-13-7-3-2-4-8-16-22(26)19-23(27)17-11-5-9-14-21(25)15-10-6-12-18-24(28)29-20/h2,4-6,8-12,14,16,18,20-23,25-27H,3,7,13,15,17,19H2,1H3/b4-2+,10-6+,11-5-,14-9+,16-8+,18-12-/t20-,21-,22-,23-/m1/s1. The van der Waals surface area contributed by atoms with Crippen LogP contribution in [0.2, 0.25) is 0 Å². The predicted octanol–water partition coefficient (Wildman–Crippen LogP) is 3.69. The van der Waals surface area contributed by atoms with Crippen LogP contribution in [0.5, 0.6) is 0 Å². The Morgan fingerprint density at radius 2 is 1.52 bits per heavy atom. The molecule has 0 saturated heterocycles. The van der Waals surface area contributed by atoms with E-state index < -0.39 is 18.3 Å². The summed E-state index contributed by atoms with van der Waals surface area (Å²) in [5, 5.41) is 29.8. The minimum absolute atomic E-state index is 0.158. The molecular weight excluding hydrogens is 368 g/mol. The van der Waals surface area contributed by atoms with Crippen molar-refractivity contribution in [3.63, 3.8) is 0 Å². The zero-order chi connectivity index (χ0) is 21.3. The number of carbonyl (C=O) groups excluding carboxylic acids is 1. The third-order valence-electron chi connectivity index (χ3n) is 4.24. The van der Waals surface area contributed by atoms with Gasteiger partial charge in [-0.25, -0.2) is 4.79 Å². The van der Waals surface area contributed by atoms with E-state index in [1.54, 1.807) is 54.7 Å². The molecular formula is C24H34O5. The fourth-order valence-corrected chi connectivity index (χ4v) is 2.66. The number of rotatable bonds is 0. The minimum atomic E-state index is -0.703. The molecule has 0 aromatic heterocycles. The largest absolute Gasteiger partial charge is 0.460 e. The van der Waals surface area contributed by atoms with Crippen LogP contribution in [0.1, 0.15) is 45.4 Å². The van der Waals surface area contributed by atoms with Crippen LogP contribution in [0.25, 0.3) is 0 Å². The first kappa shape index (κ1) is 24.8. The highest BCUT2D eigenvalue weighted by Gasteiger charge is 2.07. The van der Waals surface area contributed by atoms with Gasteiger partial charge in [-0.15, -0.1) is 0 Å². The lowest BCUT2D eigenvalue weighted by atomic mass is 10.1. The van der Waals surface area contributed by atoms with Gasteiger partial charge >= 0.3 is 5.97 Å². The van der Waals surface area contributed by atoms with Gasteiger partial charge in [0, 0.05) is 12.5 Å². The molecule has 160 valence electrons. The van der Waals surface area contributed by atoms with Crippen LogP contribution in [0.15, 0.2) is 72.9 Å². The monoisotopic (exact) mass is 402 g/mol. The van der Waals surface area contributed by atoms with E-state index in [0.717, 1.165) is 19.3 Å². The van der Waals surface area contributed by atoms with Crippen molar-refractivity contribution >= 4 is 5.97 Å². The van der Waals surface area contributed by atoms with Gasteiger partial charge in [-0.05, 0) is 39.0 Å². The van der Waals surface area contributed by atoms with Crippen LogP contribution >= 0.6 is 0 Å². The Morgan fingerprint density at radius 3 is 2.31 bits per heavy atom. The molecule has 4 atom stereocenters. The lowest BCUT2D eigenvalue weighted by Gasteiger charge is -2.10. The van der Waals surface area contributed by atoms with Gasteiger partial charge in [0.1, 0.15) is 0 Å². The van der Waals surface area contributed by atoms with Crippen molar-refractivity contribution < 1.29 is 24.9 Å². The number of ether oxygens (including phenoxy) is 1. The van der Waals surface area contributed by atoms with E-state index in [1.807, 2.05) is 19.1 Å². The Labute approximate surface area is 174 Å². The van der Waals surface area contributed by atoms with E-state index in [-0.39, 0.29) is 18.5 Å². The molecule has 0 aromatic carbocycles. The first-order valence-corrected chi connectivity index (χ1v) is 10.2. The molecule has 0 spiro atoms. The van der Waals surface area contributed by atoms with Gasteiger partial charge in [-0.2, -0.15) is 0 Å². The van der Waals surface area contributed by atoms with Gasteiger partial charge in [0.25, 0.3) is 0 Å². The summed E-state index contributed by atoms with van der Waals surface area (Å²) >= 11 is 0. The van der Waals surface area contributed by atoms with E-state index in [9.17, 15) is 20.1 Å². The van der Waals surface area contributed by atoms with Gasteiger partial charge < -0.3 is 20.1 Å². The maximum absolute atomic E-state index is 11.7. The Kier molecular flexibility index (Phi) is 13.4. The van der Waals surface area contributed by atoms with Crippen molar-refractivity contribution in [2.45, 2.75) is 69.9 Å². The summed E-state index contributed by atoms with van der Waals surface area (Å²) in [6.07, 6.45) is 22.2. The fourth-order valence-electron chi connectivity index (χ4n) is 2.66. The molecule has 1 aliphatic rings. The third kappa shape index (κ3) is 14.4. The van der Waals surface area contributed by atoms with Gasteiger partial charge in [-0.3, -0.25) is 0 Å². The molecule has 0 radical (unpaired) electrons. The van der Waals surface area contributed by atoms with E-state index in [0.29, 0.717) is 12.8 Å². The molecule has 0 amide bonds. The zero-order valence-corrected chi connectivity index (χ0v) is 17.1. The molecule has 1 heterocycles. The summed E-state index contributed by atoms with van der Waals surface area (Å²) in [6, 6.07) is 0. The molecule has 0 bridgehead atoms. The van der Waals surface area contributed by atoms with Crippen LogP contribution in [0.4, 0.5) is 0 Å². The second-order valence-corrected chi connectivity index (χ2v) is 7.09. The summed E-state index contributed by atoms with van der Waals surface area (Å²) < 4.78 is 5.31. The molecule has 0 saturated carbocycles. The van der Waals surface area contributed by atoms with Gasteiger partial charge in [0.05, 0.1) is 24.4 Å². The molecule has 3 N–H and O–H groups in total. The third-order valence-corrected chi connectivity index (χ3v) is 4.24. The molecule has 0 aromatic rings. The number of hydrogen-bond acceptors (Lipinski definition) is 5. The fraction of sp³-hybridized carbons (Fsp3) is 0.458. The van der Waals surface area contributed by atoms with Crippen LogP contribution in [0.3, 0.4) is 0 Å². The van der Waals surface area contributed by atoms with E-state index in [2.05, 4.69) is 0 Å². The number of carbonyl (C=O) groups is 1. The van der Waals surface area contributed by atoms with Gasteiger partial charge in [0.15, 0.2) is 0 Å². The number of allylic oxidation sites excluding steroid dienone is 7. The minimum Gasteiger partial charge on any atom is -0.460 e. The maximum Gasteiger partial charge on any atom is 0.331 e. The summed E-state index contributed by atoms with van der Waals surface area (Å²) in [6.45, 7) is 1.87. The van der Waals surface area contributed by atoms with Crippen molar-refractivity contribution in [2.75, 3.05) is 0 Å². The normalized spacial score (nSPS) is 35.4. The quantitative estimate of drug-likeness (QED) is 0.538. The lowest BCUT2D eigenvalue weighted by molar-refractivity contribution is -0.142.